The molecule has 0 fully saturated rings. The van der Waals surface area contributed by atoms with E-state index in [1.807, 2.05) is 55.8 Å². The SMILES string of the molecule is CC(=O)OC(C)(C)C.O=C1NC(=O)C(c2cccs2)=C1c1cccs1. The molecule has 2 aromatic heterocycles. The highest BCUT2D eigenvalue weighted by atomic mass is 32.1. The molecule has 0 atom stereocenters. The third-order valence-corrected chi connectivity index (χ3v) is 4.69. The lowest BCUT2D eigenvalue weighted by atomic mass is 10.1. The van der Waals surface area contributed by atoms with E-state index in [1.54, 1.807) is 0 Å². The molecule has 0 aliphatic carbocycles. The van der Waals surface area contributed by atoms with Gasteiger partial charge in [0.2, 0.25) is 0 Å². The highest BCUT2D eigenvalue weighted by Crippen LogP contribution is 2.34. The van der Waals surface area contributed by atoms with Gasteiger partial charge in [-0.2, -0.15) is 0 Å². The van der Waals surface area contributed by atoms with E-state index >= 15 is 0 Å². The van der Waals surface area contributed by atoms with E-state index in [-0.39, 0.29) is 23.4 Å². The summed E-state index contributed by atoms with van der Waals surface area (Å²) in [6.45, 7) is 6.93. The topological polar surface area (TPSA) is 72.5 Å². The van der Waals surface area contributed by atoms with Crippen molar-refractivity contribution < 1.29 is 19.1 Å². The van der Waals surface area contributed by atoms with Crippen molar-refractivity contribution in [2.75, 3.05) is 0 Å². The van der Waals surface area contributed by atoms with Crippen LogP contribution in [0.4, 0.5) is 0 Å². The molecular formula is C18H19NO4S2. The summed E-state index contributed by atoms with van der Waals surface area (Å²) in [4.78, 5) is 35.5. The van der Waals surface area contributed by atoms with Crippen LogP contribution in [0.3, 0.4) is 0 Å². The lowest BCUT2D eigenvalue weighted by molar-refractivity contribution is -0.151. The molecule has 1 N–H and O–H groups in total. The van der Waals surface area contributed by atoms with Crippen LogP contribution in [0.15, 0.2) is 35.0 Å². The summed E-state index contributed by atoms with van der Waals surface area (Å²) in [6.07, 6.45) is 0. The molecule has 0 radical (unpaired) electrons. The van der Waals surface area contributed by atoms with Crippen molar-refractivity contribution in [1.82, 2.24) is 5.32 Å². The van der Waals surface area contributed by atoms with E-state index in [2.05, 4.69) is 5.32 Å². The number of nitrogens with one attached hydrogen (secondary N) is 1. The Morgan fingerprint density at radius 2 is 1.40 bits per heavy atom. The molecule has 3 heterocycles. The average molecular weight is 377 g/mol. The quantitative estimate of drug-likeness (QED) is 0.639. The maximum Gasteiger partial charge on any atom is 0.303 e. The van der Waals surface area contributed by atoms with Crippen LogP contribution in [-0.4, -0.2) is 23.4 Å². The lowest BCUT2D eigenvalue weighted by Crippen LogP contribution is -2.22. The minimum atomic E-state index is -0.328. The van der Waals surface area contributed by atoms with Crippen molar-refractivity contribution in [3.8, 4) is 0 Å². The fourth-order valence-corrected chi connectivity index (χ4v) is 3.75. The van der Waals surface area contributed by atoms with Gasteiger partial charge in [0.15, 0.2) is 0 Å². The Hall–Kier alpha value is -2.25. The molecule has 0 spiro atoms. The molecule has 0 bridgehead atoms. The van der Waals surface area contributed by atoms with Crippen LogP contribution in [0.1, 0.15) is 37.4 Å². The first-order chi connectivity index (χ1) is 11.7. The van der Waals surface area contributed by atoms with Crippen molar-refractivity contribution in [2.45, 2.75) is 33.3 Å². The van der Waals surface area contributed by atoms with Crippen molar-refractivity contribution in [3.63, 3.8) is 0 Å². The van der Waals surface area contributed by atoms with Gasteiger partial charge in [-0.1, -0.05) is 12.1 Å². The summed E-state index contributed by atoms with van der Waals surface area (Å²) >= 11 is 2.92. The number of carbonyl (C=O) groups is 3. The fraction of sp³-hybridized carbons (Fsp3) is 0.278. The second kappa shape index (κ2) is 7.76. The molecule has 2 amide bonds. The van der Waals surface area contributed by atoms with Gasteiger partial charge in [-0.15, -0.1) is 22.7 Å². The summed E-state index contributed by atoms with van der Waals surface area (Å²) < 4.78 is 4.80. The predicted molar refractivity (Wildman–Crippen MR) is 100 cm³/mol. The van der Waals surface area contributed by atoms with Crippen LogP contribution in [0.2, 0.25) is 0 Å². The Balaban J connectivity index is 0.000000242. The molecule has 5 nitrogen and oxygen atoms in total. The zero-order valence-corrected chi connectivity index (χ0v) is 16.0. The lowest BCUT2D eigenvalue weighted by Gasteiger charge is -2.17. The highest BCUT2D eigenvalue weighted by Gasteiger charge is 2.32. The molecule has 2 aromatic rings. The largest absolute Gasteiger partial charge is 0.460 e. The number of hydrogen-bond donors (Lipinski definition) is 1. The van der Waals surface area contributed by atoms with E-state index < -0.39 is 0 Å². The molecule has 0 aromatic carbocycles. The van der Waals surface area contributed by atoms with Gasteiger partial charge in [0.05, 0.1) is 11.1 Å². The van der Waals surface area contributed by atoms with Crippen molar-refractivity contribution in [2.24, 2.45) is 0 Å². The van der Waals surface area contributed by atoms with Gasteiger partial charge >= 0.3 is 5.97 Å². The first-order valence-corrected chi connectivity index (χ1v) is 9.32. The molecule has 1 aliphatic heterocycles. The molecule has 7 heteroatoms. The summed E-state index contributed by atoms with van der Waals surface area (Å²) in [5, 5.41) is 6.14. The summed E-state index contributed by atoms with van der Waals surface area (Å²) in [7, 11) is 0. The molecular weight excluding hydrogens is 358 g/mol. The van der Waals surface area contributed by atoms with Crippen LogP contribution in [0.5, 0.6) is 0 Å². The molecule has 132 valence electrons. The number of hydrogen-bond acceptors (Lipinski definition) is 6. The molecule has 0 unspecified atom stereocenters. The zero-order valence-electron chi connectivity index (χ0n) is 14.4. The van der Waals surface area contributed by atoms with Gasteiger partial charge in [-0.3, -0.25) is 19.7 Å². The first kappa shape index (κ1) is 19.1. The number of carbonyl (C=O) groups excluding carboxylic acids is 3. The number of amides is 2. The fourth-order valence-electron chi connectivity index (χ4n) is 2.20. The second-order valence-corrected chi connectivity index (χ2v) is 8.09. The Bertz CT molecular complexity index is 743. The number of esters is 1. The first-order valence-electron chi connectivity index (χ1n) is 7.56. The van der Waals surface area contributed by atoms with E-state index in [9.17, 15) is 14.4 Å². The number of ether oxygens (including phenoxy) is 1. The Labute approximate surface area is 154 Å². The third kappa shape index (κ3) is 5.11. The number of rotatable bonds is 2. The van der Waals surface area contributed by atoms with Gasteiger partial charge in [0.1, 0.15) is 5.60 Å². The smallest absolute Gasteiger partial charge is 0.303 e. The highest BCUT2D eigenvalue weighted by molar-refractivity contribution is 7.13. The van der Waals surface area contributed by atoms with Gasteiger partial charge in [-0.05, 0) is 43.7 Å². The van der Waals surface area contributed by atoms with Crippen LogP contribution in [-0.2, 0) is 19.1 Å². The predicted octanol–water partition coefficient (Wildman–Crippen LogP) is 3.72. The minimum Gasteiger partial charge on any atom is -0.460 e. The summed E-state index contributed by atoms with van der Waals surface area (Å²) in [6, 6.07) is 7.45. The van der Waals surface area contributed by atoms with Crippen LogP contribution < -0.4 is 5.32 Å². The Kier molecular flexibility index (Phi) is 5.92. The maximum absolute atomic E-state index is 11.8. The minimum absolute atomic E-state index is 0.225. The summed E-state index contributed by atoms with van der Waals surface area (Å²) in [5.74, 6) is -0.834. The van der Waals surface area contributed by atoms with E-state index in [4.69, 9.17) is 4.74 Å². The third-order valence-electron chi connectivity index (χ3n) is 2.92. The van der Waals surface area contributed by atoms with Gasteiger partial charge in [0.25, 0.3) is 11.8 Å². The normalized spacial score (nSPS) is 14.1. The van der Waals surface area contributed by atoms with Crippen molar-refractivity contribution in [1.29, 1.82) is 0 Å². The molecule has 25 heavy (non-hydrogen) atoms. The molecule has 1 aliphatic rings. The average Bonchev–Trinajstić information content (AvgIpc) is 3.17. The molecule has 0 saturated carbocycles. The molecule has 0 saturated heterocycles. The van der Waals surface area contributed by atoms with Crippen LogP contribution in [0, 0.1) is 0 Å². The monoisotopic (exact) mass is 377 g/mol. The Morgan fingerprint density at radius 3 is 1.64 bits per heavy atom. The Morgan fingerprint density at radius 1 is 0.960 bits per heavy atom. The zero-order chi connectivity index (χ0) is 18.6. The van der Waals surface area contributed by atoms with Crippen LogP contribution >= 0.6 is 22.7 Å². The maximum atomic E-state index is 11.8. The van der Waals surface area contributed by atoms with E-state index in [1.165, 1.54) is 29.6 Å². The van der Waals surface area contributed by atoms with E-state index in [0.29, 0.717) is 11.1 Å². The van der Waals surface area contributed by atoms with Crippen molar-refractivity contribution >= 4 is 51.6 Å². The van der Waals surface area contributed by atoms with Gasteiger partial charge in [-0.25, -0.2) is 0 Å². The number of thiophene rings is 2. The van der Waals surface area contributed by atoms with Gasteiger partial charge in [0, 0.05) is 16.7 Å². The van der Waals surface area contributed by atoms with Gasteiger partial charge < -0.3 is 4.74 Å². The standard InChI is InChI=1S/C12H7NO2S2.C6H12O2/c14-11-9(7-3-1-5-16-7)10(12(15)13-11)8-4-2-6-17-8;1-5(7)8-6(2,3)4/h1-6H,(H,13,14,15);1-4H3. The van der Waals surface area contributed by atoms with Crippen molar-refractivity contribution in [3.05, 3.63) is 44.8 Å². The second-order valence-electron chi connectivity index (χ2n) is 6.19. The molecule has 3 rings (SSSR count). The van der Waals surface area contributed by atoms with E-state index in [0.717, 1.165) is 9.75 Å². The van der Waals surface area contributed by atoms with Crippen LogP contribution in [0.25, 0.3) is 11.1 Å². The summed E-state index contributed by atoms with van der Waals surface area (Å²) in [5.41, 5.74) is 0.658. The number of imide groups is 1.